The minimum atomic E-state index is -1.80. The van der Waals surface area contributed by atoms with Crippen LogP contribution in [0.15, 0.2) is 33.5 Å². The van der Waals surface area contributed by atoms with E-state index in [1.54, 1.807) is 13.0 Å². The summed E-state index contributed by atoms with van der Waals surface area (Å²) in [6, 6.07) is 5.86. The molecule has 2 heterocycles. The van der Waals surface area contributed by atoms with Crippen molar-refractivity contribution < 1.29 is 39.1 Å². The molecule has 3 rings (SSSR count). The summed E-state index contributed by atoms with van der Waals surface area (Å²) < 4.78 is 15.5. The second-order valence-electron chi connectivity index (χ2n) is 5.76. The van der Waals surface area contributed by atoms with Crippen LogP contribution in [0.25, 0.3) is 11.0 Å². The van der Waals surface area contributed by atoms with Crippen molar-refractivity contribution in [1.29, 1.82) is 0 Å². The first-order chi connectivity index (χ1) is 11.8. The molecule has 0 unspecified atom stereocenters. The van der Waals surface area contributed by atoms with Gasteiger partial charge in [-0.15, -0.1) is 0 Å². The third-order valence-electron chi connectivity index (χ3n) is 3.99. The molecule has 1 aliphatic heterocycles. The van der Waals surface area contributed by atoms with E-state index in [0.717, 1.165) is 0 Å². The van der Waals surface area contributed by atoms with Crippen LogP contribution in [-0.4, -0.2) is 57.1 Å². The van der Waals surface area contributed by atoms with Crippen molar-refractivity contribution in [3.8, 4) is 5.75 Å². The maximum atomic E-state index is 11.5. The molecular weight excluding hydrogens is 336 g/mol. The number of hydrogen-bond acceptors (Lipinski definition) is 8. The Hall–Kier alpha value is -2.46. The largest absolute Gasteiger partial charge is 0.479 e. The van der Waals surface area contributed by atoms with Crippen LogP contribution in [0.5, 0.6) is 5.75 Å². The van der Waals surface area contributed by atoms with Crippen LogP contribution in [0.3, 0.4) is 0 Å². The fraction of sp³-hybridized carbons (Fsp3) is 0.375. The summed E-state index contributed by atoms with van der Waals surface area (Å²) in [5.41, 5.74) is 0.403. The van der Waals surface area contributed by atoms with Gasteiger partial charge in [0.15, 0.2) is 6.10 Å². The highest BCUT2D eigenvalue weighted by atomic mass is 16.7. The molecule has 1 aromatic heterocycles. The quantitative estimate of drug-likeness (QED) is 0.530. The first kappa shape index (κ1) is 17.4. The third-order valence-corrected chi connectivity index (χ3v) is 3.99. The Labute approximate surface area is 140 Å². The normalized spacial score (nSPS) is 29.5. The van der Waals surface area contributed by atoms with Crippen molar-refractivity contribution in [2.24, 2.45) is 0 Å². The van der Waals surface area contributed by atoms with E-state index in [4.69, 9.17) is 19.0 Å². The van der Waals surface area contributed by atoms with Gasteiger partial charge < -0.3 is 34.3 Å². The molecule has 1 aromatic carbocycles. The highest BCUT2D eigenvalue weighted by Gasteiger charge is 2.48. The molecule has 1 aliphatic rings. The van der Waals surface area contributed by atoms with E-state index in [-0.39, 0.29) is 11.3 Å². The predicted octanol–water partition coefficient (Wildman–Crippen LogP) is -0.628. The molecule has 1 fully saturated rings. The van der Waals surface area contributed by atoms with Crippen molar-refractivity contribution in [1.82, 2.24) is 0 Å². The van der Waals surface area contributed by atoms with Crippen molar-refractivity contribution in [2.45, 2.75) is 37.6 Å². The van der Waals surface area contributed by atoms with E-state index in [0.29, 0.717) is 10.9 Å². The Morgan fingerprint density at radius 2 is 1.84 bits per heavy atom. The zero-order valence-corrected chi connectivity index (χ0v) is 13.0. The Bertz CT molecular complexity index is 858. The van der Waals surface area contributed by atoms with Gasteiger partial charge in [-0.05, 0) is 24.6 Å². The Morgan fingerprint density at radius 1 is 1.12 bits per heavy atom. The van der Waals surface area contributed by atoms with E-state index >= 15 is 0 Å². The summed E-state index contributed by atoms with van der Waals surface area (Å²) >= 11 is 0. The van der Waals surface area contributed by atoms with Crippen LogP contribution in [-0.2, 0) is 9.53 Å². The number of fused-ring (bicyclic) bond motifs is 1. The van der Waals surface area contributed by atoms with E-state index in [2.05, 4.69) is 0 Å². The highest BCUT2D eigenvalue weighted by molar-refractivity contribution is 5.81. The molecular formula is C16H16O9. The summed E-state index contributed by atoms with van der Waals surface area (Å²) in [5.74, 6) is -1.38. The van der Waals surface area contributed by atoms with Crippen molar-refractivity contribution in [3.63, 3.8) is 0 Å². The maximum absolute atomic E-state index is 11.5. The highest BCUT2D eigenvalue weighted by Crippen LogP contribution is 2.27. The summed E-state index contributed by atoms with van der Waals surface area (Å²) in [4.78, 5) is 22.5. The van der Waals surface area contributed by atoms with Gasteiger partial charge in [0.05, 0.1) is 0 Å². The lowest BCUT2D eigenvalue weighted by molar-refractivity contribution is -0.271. The topological polar surface area (TPSA) is 147 Å². The Kier molecular flexibility index (Phi) is 4.48. The van der Waals surface area contributed by atoms with Gasteiger partial charge in [0.1, 0.15) is 29.6 Å². The first-order valence-electron chi connectivity index (χ1n) is 7.41. The number of carboxylic acid groups (broad SMARTS) is 1. The summed E-state index contributed by atoms with van der Waals surface area (Å²) in [6.45, 7) is 1.74. The van der Waals surface area contributed by atoms with E-state index < -0.39 is 42.3 Å². The number of aryl methyl sites for hydroxylation is 1. The molecule has 9 heteroatoms. The van der Waals surface area contributed by atoms with E-state index in [9.17, 15) is 24.9 Å². The van der Waals surface area contributed by atoms with Crippen LogP contribution in [0.2, 0.25) is 0 Å². The first-order valence-corrected chi connectivity index (χ1v) is 7.41. The van der Waals surface area contributed by atoms with Crippen LogP contribution < -0.4 is 10.4 Å². The number of benzene rings is 1. The number of ether oxygens (including phenoxy) is 2. The smallest absolute Gasteiger partial charge is 0.336 e. The third kappa shape index (κ3) is 3.22. The molecule has 1 saturated heterocycles. The average molecular weight is 352 g/mol. The van der Waals surface area contributed by atoms with E-state index in [1.807, 2.05) is 0 Å². The zero-order chi connectivity index (χ0) is 18.3. The van der Waals surface area contributed by atoms with Crippen LogP contribution in [0, 0.1) is 6.92 Å². The van der Waals surface area contributed by atoms with Gasteiger partial charge in [0.2, 0.25) is 6.29 Å². The van der Waals surface area contributed by atoms with Crippen LogP contribution in [0.1, 0.15) is 5.56 Å². The molecule has 0 radical (unpaired) electrons. The Balaban J connectivity index is 1.89. The monoisotopic (exact) mass is 352 g/mol. The molecule has 134 valence electrons. The molecule has 0 saturated carbocycles. The fourth-order valence-corrected chi connectivity index (χ4v) is 2.66. The molecule has 2 aromatic rings. The Morgan fingerprint density at radius 3 is 2.52 bits per heavy atom. The predicted molar refractivity (Wildman–Crippen MR) is 82.2 cm³/mol. The number of aliphatic hydroxyl groups excluding tert-OH is 3. The van der Waals surface area contributed by atoms with Gasteiger partial charge in [-0.25, -0.2) is 9.59 Å². The lowest BCUT2D eigenvalue weighted by Gasteiger charge is -2.38. The second kappa shape index (κ2) is 6.45. The minimum absolute atomic E-state index is 0.123. The van der Waals surface area contributed by atoms with Crippen LogP contribution >= 0.6 is 0 Å². The maximum Gasteiger partial charge on any atom is 0.336 e. The van der Waals surface area contributed by atoms with Crippen LogP contribution in [0.4, 0.5) is 0 Å². The van der Waals surface area contributed by atoms with Gasteiger partial charge in [-0.3, -0.25) is 0 Å². The van der Waals surface area contributed by atoms with Gasteiger partial charge in [0, 0.05) is 17.5 Å². The number of aliphatic hydroxyl groups is 3. The lowest BCUT2D eigenvalue weighted by Crippen LogP contribution is -2.61. The second-order valence-corrected chi connectivity index (χ2v) is 5.76. The molecule has 0 spiro atoms. The van der Waals surface area contributed by atoms with Crippen molar-refractivity contribution in [2.75, 3.05) is 0 Å². The average Bonchev–Trinajstić information content (AvgIpc) is 2.54. The summed E-state index contributed by atoms with van der Waals surface area (Å²) in [7, 11) is 0. The molecule has 0 bridgehead atoms. The van der Waals surface area contributed by atoms with Gasteiger partial charge in [-0.2, -0.15) is 0 Å². The SMILES string of the molecule is Cc1cc(=O)oc2cc(O[C@H]3O[C@H](C(=O)O)[C@@H](O)[C@H](O)[C@H]3O)ccc12. The van der Waals surface area contributed by atoms with Gasteiger partial charge in [-0.1, -0.05) is 0 Å². The van der Waals surface area contributed by atoms with E-state index in [1.165, 1.54) is 18.2 Å². The number of carbonyl (C=O) groups is 1. The number of aliphatic carboxylic acids is 1. The van der Waals surface area contributed by atoms with Gasteiger partial charge in [0.25, 0.3) is 0 Å². The lowest BCUT2D eigenvalue weighted by atomic mass is 9.99. The van der Waals surface area contributed by atoms with Crippen molar-refractivity contribution in [3.05, 3.63) is 40.2 Å². The number of carboxylic acids is 1. The summed E-state index contributed by atoms with van der Waals surface area (Å²) in [5, 5.41) is 39.1. The zero-order valence-electron chi connectivity index (χ0n) is 13.0. The fourth-order valence-electron chi connectivity index (χ4n) is 2.66. The minimum Gasteiger partial charge on any atom is -0.479 e. The number of rotatable bonds is 3. The summed E-state index contributed by atoms with van der Waals surface area (Å²) in [6.07, 6.45) is -8.53. The standard InChI is InChI=1S/C16H16O9/c1-6-4-10(17)24-9-5-7(2-3-8(6)9)23-16-13(20)11(18)12(19)14(25-16)15(21)22/h2-5,11-14,16,18-20H,1H3,(H,21,22)/t11-,12-,13+,14-,16-/m0/s1. The molecule has 5 atom stereocenters. The van der Waals surface area contributed by atoms with Gasteiger partial charge >= 0.3 is 11.6 Å². The molecule has 25 heavy (non-hydrogen) atoms. The molecule has 0 aliphatic carbocycles. The molecule has 9 nitrogen and oxygen atoms in total. The molecule has 4 N–H and O–H groups in total. The van der Waals surface area contributed by atoms with Crippen molar-refractivity contribution >= 4 is 16.9 Å². The molecule has 0 amide bonds. The number of hydrogen-bond donors (Lipinski definition) is 4.